The van der Waals surface area contributed by atoms with Crippen LogP contribution in [0.5, 0.6) is 11.5 Å². The molecule has 0 fully saturated rings. The Morgan fingerprint density at radius 3 is 2.38 bits per heavy atom. The Morgan fingerprint density at radius 2 is 1.69 bits per heavy atom. The molecule has 0 spiro atoms. The zero-order chi connectivity index (χ0) is 20.4. The molecule has 0 bridgehead atoms. The summed E-state index contributed by atoms with van der Waals surface area (Å²) in [6.07, 6.45) is 0.768. The molecule has 0 saturated heterocycles. The van der Waals surface area contributed by atoms with E-state index in [9.17, 15) is 9.18 Å². The number of nitrogens with zero attached hydrogens (tertiary/aromatic N) is 2. The first-order chi connectivity index (χ1) is 14.1. The maximum Gasteiger partial charge on any atom is 0.262 e. The maximum atomic E-state index is 13.4. The number of benzene rings is 3. The molecule has 0 unspecified atom stereocenters. The fraction of sp³-hybridized carbons (Fsp3) is 0.167. The van der Waals surface area contributed by atoms with Crippen LogP contribution in [0.4, 0.5) is 4.39 Å². The van der Waals surface area contributed by atoms with Gasteiger partial charge in [0.05, 0.1) is 16.9 Å². The lowest BCUT2D eigenvalue weighted by Crippen LogP contribution is -2.28. The Labute approximate surface area is 168 Å². The zero-order valence-corrected chi connectivity index (χ0v) is 16.3. The van der Waals surface area contributed by atoms with Gasteiger partial charge >= 0.3 is 0 Å². The van der Waals surface area contributed by atoms with Crippen molar-refractivity contribution in [1.82, 2.24) is 9.55 Å². The van der Waals surface area contributed by atoms with Gasteiger partial charge < -0.3 is 4.74 Å². The van der Waals surface area contributed by atoms with Crippen molar-refractivity contribution in [2.45, 2.75) is 26.3 Å². The molecule has 4 rings (SSSR count). The van der Waals surface area contributed by atoms with Crippen molar-refractivity contribution in [2.75, 3.05) is 0 Å². The number of hydrogen-bond acceptors (Lipinski definition) is 3. The van der Waals surface area contributed by atoms with Crippen LogP contribution in [0.15, 0.2) is 77.6 Å². The molecule has 0 aliphatic rings. The second-order valence-electron chi connectivity index (χ2n) is 6.90. The Balaban J connectivity index is 1.80. The summed E-state index contributed by atoms with van der Waals surface area (Å²) < 4.78 is 20.7. The van der Waals surface area contributed by atoms with Crippen LogP contribution in [0, 0.1) is 12.7 Å². The first-order valence-electron chi connectivity index (χ1n) is 9.58. The van der Waals surface area contributed by atoms with Crippen molar-refractivity contribution in [2.24, 2.45) is 0 Å². The van der Waals surface area contributed by atoms with Crippen molar-refractivity contribution >= 4 is 10.9 Å². The van der Waals surface area contributed by atoms with Gasteiger partial charge in [-0.3, -0.25) is 9.36 Å². The summed E-state index contributed by atoms with van der Waals surface area (Å²) in [7, 11) is 0. The van der Waals surface area contributed by atoms with Gasteiger partial charge in [0.15, 0.2) is 0 Å². The second-order valence-corrected chi connectivity index (χ2v) is 6.90. The van der Waals surface area contributed by atoms with E-state index in [1.165, 1.54) is 12.1 Å². The lowest BCUT2D eigenvalue weighted by molar-refractivity contribution is 0.481. The molecular weight excluding hydrogens is 367 g/mol. The van der Waals surface area contributed by atoms with Gasteiger partial charge in [0.25, 0.3) is 5.56 Å². The fourth-order valence-corrected chi connectivity index (χ4v) is 3.60. The zero-order valence-electron chi connectivity index (χ0n) is 16.3. The van der Waals surface area contributed by atoms with Gasteiger partial charge in [0.1, 0.15) is 23.1 Å². The molecule has 146 valence electrons. The molecule has 0 amide bonds. The first-order valence-corrected chi connectivity index (χ1v) is 9.58. The molecule has 3 aromatic carbocycles. The second kappa shape index (κ2) is 7.87. The van der Waals surface area contributed by atoms with E-state index in [1.54, 1.807) is 34.9 Å². The highest BCUT2D eigenvalue weighted by molar-refractivity contribution is 5.79. The molecule has 0 saturated carbocycles. The quantitative estimate of drug-likeness (QED) is 0.445. The van der Waals surface area contributed by atoms with Crippen molar-refractivity contribution < 1.29 is 9.13 Å². The predicted octanol–water partition coefficient (Wildman–Crippen LogP) is 5.64. The van der Waals surface area contributed by atoms with Crippen LogP contribution < -0.4 is 10.3 Å². The standard InChI is InChI=1S/C24H21FN2O2/c1-3-23(17-7-5-4-6-8-17)27-16(2)26-22-14-13-20(15-21(22)24(27)28)29-19-11-9-18(25)10-12-19/h4-15,23H,3H2,1-2H3/t23-/m0/s1. The summed E-state index contributed by atoms with van der Waals surface area (Å²) in [6.45, 7) is 3.91. The third-order valence-electron chi connectivity index (χ3n) is 4.98. The summed E-state index contributed by atoms with van der Waals surface area (Å²) in [5, 5.41) is 0.490. The van der Waals surface area contributed by atoms with E-state index < -0.39 is 0 Å². The van der Waals surface area contributed by atoms with Crippen molar-refractivity contribution in [3.8, 4) is 11.5 Å². The number of ether oxygens (including phenoxy) is 1. The largest absolute Gasteiger partial charge is 0.457 e. The van der Waals surface area contributed by atoms with E-state index in [1.807, 2.05) is 37.3 Å². The van der Waals surface area contributed by atoms with E-state index in [2.05, 4.69) is 11.9 Å². The minimum atomic E-state index is -0.329. The summed E-state index contributed by atoms with van der Waals surface area (Å²) in [5.41, 5.74) is 1.59. The Bertz CT molecular complexity index is 1200. The van der Waals surface area contributed by atoms with Crippen LogP contribution in [0.25, 0.3) is 10.9 Å². The highest BCUT2D eigenvalue weighted by Gasteiger charge is 2.18. The molecule has 1 heterocycles. The molecule has 0 aliphatic carbocycles. The topological polar surface area (TPSA) is 44.1 Å². The van der Waals surface area contributed by atoms with Crippen molar-refractivity contribution in [1.29, 1.82) is 0 Å². The number of hydrogen-bond donors (Lipinski definition) is 0. The Morgan fingerprint density at radius 1 is 1.00 bits per heavy atom. The van der Waals surface area contributed by atoms with Gasteiger partial charge in [-0.1, -0.05) is 37.3 Å². The average molecular weight is 388 g/mol. The molecule has 4 nitrogen and oxygen atoms in total. The van der Waals surface area contributed by atoms with E-state index in [4.69, 9.17) is 4.74 Å². The van der Waals surface area contributed by atoms with Gasteiger partial charge in [0.2, 0.25) is 0 Å². The summed E-state index contributed by atoms with van der Waals surface area (Å²) in [4.78, 5) is 18.0. The van der Waals surface area contributed by atoms with Gasteiger partial charge in [-0.2, -0.15) is 0 Å². The SMILES string of the molecule is CC[C@@H](c1ccccc1)n1c(C)nc2ccc(Oc3ccc(F)cc3)cc2c1=O. The van der Waals surface area contributed by atoms with E-state index >= 15 is 0 Å². The molecule has 4 aromatic rings. The highest BCUT2D eigenvalue weighted by Crippen LogP contribution is 2.26. The number of aryl methyl sites for hydroxylation is 1. The molecular formula is C24H21FN2O2. The molecule has 0 radical (unpaired) electrons. The third kappa shape index (κ3) is 3.76. The molecule has 5 heteroatoms. The smallest absolute Gasteiger partial charge is 0.262 e. The predicted molar refractivity (Wildman–Crippen MR) is 112 cm³/mol. The summed E-state index contributed by atoms with van der Waals surface area (Å²) >= 11 is 0. The first kappa shape index (κ1) is 18.9. The van der Waals surface area contributed by atoms with E-state index in [-0.39, 0.29) is 17.4 Å². The van der Waals surface area contributed by atoms with Crippen LogP contribution in [-0.2, 0) is 0 Å². The summed E-state index contributed by atoms with van der Waals surface area (Å²) in [6, 6.07) is 20.9. The lowest BCUT2D eigenvalue weighted by atomic mass is 10.0. The van der Waals surface area contributed by atoms with E-state index in [0.717, 1.165) is 12.0 Å². The number of halogens is 1. The Kier molecular flexibility index (Phi) is 5.12. The van der Waals surface area contributed by atoms with Crippen LogP contribution in [0.2, 0.25) is 0 Å². The molecule has 1 atom stereocenters. The molecule has 29 heavy (non-hydrogen) atoms. The minimum Gasteiger partial charge on any atom is -0.457 e. The van der Waals surface area contributed by atoms with Gasteiger partial charge in [0, 0.05) is 0 Å². The minimum absolute atomic E-state index is 0.0951. The number of rotatable bonds is 5. The molecule has 0 aliphatic heterocycles. The van der Waals surface area contributed by atoms with Crippen molar-refractivity contribution in [3.63, 3.8) is 0 Å². The maximum absolute atomic E-state index is 13.4. The monoisotopic (exact) mass is 388 g/mol. The number of fused-ring (bicyclic) bond motifs is 1. The van der Waals surface area contributed by atoms with Gasteiger partial charge in [-0.15, -0.1) is 0 Å². The average Bonchev–Trinajstić information content (AvgIpc) is 2.74. The molecule has 1 aromatic heterocycles. The van der Waals surface area contributed by atoms with Gasteiger partial charge in [-0.25, -0.2) is 9.37 Å². The Hall–Kier alpha value is -3.47. The van der Waals surface area contributed by atoms with Crippen LogP contribution in [0.1, 0.15) is 30.8 Å². The van der Waals surface area contributed by atoms with Crippen LogP contribution in [0.3, 0.4) is 0 Å². The summed E-state index contributed by atoms with van der Waals surface area (Å²) in [5.74, 6) is 1.35. The van der Waals surface area contributed by atoms with Crippen molar-refractivity contribution in [3.05, 3.63) is 100 Å². The number of aromatic nitrogens is 2. The van der Waals surface area contributed by atoms with Crippen LogP contribution in [-0.4, -0.2) is 9.55 Å². The fourth-order valence-electron chi connectivity index (χ4n) is 3.60. The normalized spacial score (nSPS) is 12.1. The highest BCUT2D eigenvalue weighted by atomic mass is 19.1. The van der Waals surface area contributed by atoms with E-state index in [0.29, 0.717) is 28.2 Å². The lowest BCUT2D eigenvalue weighted by Gasteiger charge is -2.21. The third-order valence-corrected chi connectivity index (χ3v) is 4.98. The van der Waals surface area contributed by atoms with Gasteiger partial charge in [-0.05, 0) is 61.4 Å². The molecule has 0 N–H and O–H groups in total. The van der Waals surface area contributed by atoms with Crippen LogP contribution >= 0.6 is 0 Å².